The van der Waals surface area contributed by atoms with Crippen molar-refractivity contribution in [3.8, 4) is 0 Å². The number of halogens is 1. The van der Waals surface area contributed by atoms with E-state index in [1.807, 2.05) is 0 Å². The summed E-state index contributed by atoms with van der Waals surface area (Å²) in [4.78, 5) is 11.3. The van der Waals surface area contributed by atoms with Crippen molar-refractivity contribution in [3.63, 3.8) is 0 Å². The summed E-state index contributed by atoms with van der Waals surface area (Å²) in [7, 11) is 1.58. The van der Waals surface area contributed by atoms with E-state index in [1.54, 1.807) is 25.3 Å². The lowest BCUT2D eigenvalue weighted by Crippen LogP contribution is -2.28. The van der Waals surface area contributed by atoms with E-state index in [1.165, 1.54) is 6.07 Å². The molecule has 0 unspecified atom stereocenters. The maximum atomic E-state index is 13.2. The third-order valence-corrected chi connectivity index (χ3v) is 2.17. The molecule has 17 heavy (non-hydrogen) atoms. The second-order valence-corrected chi connectivity index (χ2v) is 3.50. The van der Waals surface area contributed by atoms with Crippen molar-refractivity contribution in [3.05, 3.63) is 30.1 Å². The molecule has 94 valence electrons. The number of nitrogens with one attached hydrogen (secondary N) is 2. The maximum Gasteiger partial charge on any atom is 0.221 e. The molecule has 0 aliphatic heterocycles. The van der Waals surface area contributed by atoms with Crippen molar-refractivity contribution >= 4 is 11.6 Å². The fourth-order valence-corrected chi connectivity index (χ4v) is 1.30. The predicted octanol–water partition coefficient (Wildman–Crippen LogP) is 1.39. The Morgan fingerprint density at radius 2 is 2.12 bits per heavy atom. The minimum atomic E-state index is -0.313. The number of carbonyl (C=O) groups excluding carboxylic acids is 1. The van der Waals surface area contributed by atoms with Crippen molar-refractivity contribution in [2.75, 3.05) is 32.1 Å². The SMILES string of the molecule is COCCNC(=O)CCNc1ccccc1F. The molecule has 0 aliphatic carbocycles. The number of rotatable bonds is 7. The van der Waals surface area contributed by atoms with Gasteiger partial charge in [-0.3, -0.25) is 4.79 Å². The smallest absolute Gasteiger partial charge is 0.221 e. The summed E-state index contributed by atoms with van der Waals surface area (Å²) < 4.78 is 18.0. The fraction of sp³-hybridized carbons (Fsp3) is 0.417. The number of para-hydroxylation sites is 1. The quantitative estimate of drug-likeness (QED) is 0.708. The maximum absolute atomic E-state index is 13.2. The summed E-state index contributed by atoms with van der Waals surface area (Å²) in [6.45, 7) is 1.39. The Morgan fingerprint density at radius 3 is 2.82 bits per heavy atom. The molecule has 0 radical (unpaired) electrons. The molecule has 1 aromatic carbocycles. The van der Waals surface area contributed by atoms with Crippen LogP contribution in [0.3, 0.4) is 0 Å². The number of carbonyl (C=O) groups is 1. The molecule has 0 saturated heterocycles. The highest BCUT2D eigenvalue weighted by Gasteiger charge is 2.02. The van der Waals surface area contributed by atoms with Crippen LogP contribution in [0, 0.1) is 5.82 Å². The lowest BCUT2D eigenvalue weighted by molar-refractivity contribution is -0.121. The largest absolute Gasteiger partial charge is 0.383 e. The topological polar surface area (TPSA) is 50.4 Å². The van der Waals surface area contributed by atoms with Crippen LogP contribution in [0.5, 0.6) is 0 Å². The minimum Gasteiger partial charge on any atom is -0.383 e. The highest BCUT2D eigenvalue weighted by atomic mass is 19.1. The van der Waals surface area contributed by atoms with Gasteiger partial charge in [0.25, 0.3) is 0 Å². The standard InChI is InChI=1S/C12H17FN2O2/c1-17-9-8-15-12(16)6-7-14-11-5-3-2-4-10(11)13/h2-5,14H,6-9H2,1H3,(H,15,16). The van der Waals surface area contributed by atoms with Gasteiger partial charge in [0, 0.05) is 26.6 Å². The van der Waals surface area contributed by atoms with Crippen molar-refractivity contribution in [2.24, 2.45) is 0 Å². The van der Waals surface area contributed by atoms with E-state index in [2.05, 4.69) is 10.6 Å². The zero-order chi connectivity index (χ0) is 12.5. The van der Waals surface area contributed by atoms with Gasteiger partial charge in [0.2, 0.25) is 5.91 Å². The molecule has 0 bridgehead atoms. The minimum absolute atomic E-state index is 0.0779. The predicted molar refractivity (Wildman–Crippen MR) is 64.4 cm³/mol. The summed E-state index contributed by atoms with van der Waals surface area (Å²) in [5, 5.41) is 5.55. The molecule has 1 rings (SSSR count). The van der Waals surface area contributed by atoms with Gasteiger partial charge in [0.15, 0.2) is 0 Å². The van der Waals surface area contributed by atoms with Crippen molar-refractivity contribution in [2.45, 2.75) is 6.42 Å². The third-order valence-electron chi connectivity index (χ3n) is 2.17. The van der Waals surface area contributed by atoms with Gasteiger partial charge in [-0.1, -0.05) is 12.1 Å². The number of benzene rings is 1. The molecule has 4 nitrogen and oxygen atoms in total. The normalized spacial score (nSPS) is 10.0. The van der Waals surface area contributed by atoms with Gasteiger partial charge in [-0.05, 0) is 12.1 Å². The van der Waals surface area contributed by atoms with Crippen LogP contribution in [0.1, 0.15) is 6.42 Å². The highest BCUT2D eigenvalue weighted by molar-refractivity contribution is 5.76. The van der Waals surface area contributed by atoms with E-state index in [0.717, 1.165) is 0 Å². The van der Waals surface area contributed by atoms with E-state index in [4.69, 9.17) is 4.74 Å². The van der Waals surface area contributed by atoms with Gasteiger partial charge >= 0.3 is 0 Å². The zero-order valence-corrected chi connectivity index (χ0v) is 9.83. The molecule has 0 heterocycles. The molecule has 1 aromatic rings. The van der Waals surface area contributed by atoms with Gasteiger partial charge in [-0.15, -0.1) is 0 Å². The molecule has 0 fully saturated rings. The Labute approximate surface area is 100 Å². The van der Waals surface area contributed by atoms with Gasteiger partial charge in [0.05, 0.1) is 12.3 Å². The summed E-state index contributed by atoms with van der Waals surface area (Å²) in [5.74, 6) is -0.391. The number of amides is 1. The second-order valence-electron chi connectivity index (χ2n) is 3.50. The molecule has 1 amide bonds. The van der Waals surface area contributed by atoms with Crippen molar-refractivity contribution in [1.29, 1.82) is 0 Å². The van der Waals surface area contributed by atoms with Gasteiger partial charge in [-0.2, -0.15) is 0 Å². The molecule has 0 aromatic heterocycles. The Bertz CT molecular complexity index is 358. The number of anilines is 1. The number of hydrogen-bond donors (Lipinski definition) is 2. The molecular weight excluding hydrogens is 223 g/mol. The molecule has 0 spiro atoms. The first-order valence-electron chi connectivity index (χ1n) is 5.48. The highest BCUT2D eigenvalue weighted by Crippen LogP contribution is 2.11. The van der Waals surface area contributed by atoms with Crippen LogP contribution < -0.4 is 10.6 Å². The first-order valence-corrected chi connectivity index (χ1v) is 5.48. The van der Waals surface area contributed by atoms with Crippen LogP contribution in [-0.2, 0) is 9.53 Å². The Hall–Kier alpha value is -1.62. The van der Waals surface area contributed by atoms with Crippen LogP contribution in [0.25, 0.3) is 0 Å². The van der Waals surface area contributed by atoms with Crippen LogP contribution in [-0.4, -0.2) is 32.7 Å². The van der Waals surface area contributed by atoms with E-state index < -0.39 is 0 Å². The van der Waals surface area contributed by atoms with E-state index in [0.29, 0.717) is 31.8 Å². The lowest BCUT2D eigenvalue weighted by Gasteiger charge is -2.07. The van der Waals surface area contributed by atoms with Gasteiger partial charge in [0.1, 0.15) is 5.82 Å². The van der Waals surface area contributed by atoms with Crippen molar-refractivity contribution in [1.82, 2.24) is 5.32 Å². The van der Waals surface area contributed by atoms with E-state index in [-0.39, 0.29) is 11.7 Å². The van der Waals surface area contributed by atoms with Gasteiger partial charge in [-0.25, -0.2) is 4.39 Å². The van der Waals surface area contributed by atoms with Crippen LogP contribution in [0.4, 0.5) is 10.1 Å². The lowest BCUT2D eigenvalue weighted by atomic mass is 10.3. The number of hydrogen-bond acceptors (Lipinski definition) is 3. The molecule has 0 aliphatic rings. The number of methoxy groups -OCH3 is 1. The second kappa shape index (κ2) is 7.62. The average molecular weight is 240 g/mol. The van der Waals surface area contributed by atoms with Crippen LogP contribution >= 0.6 is 0 Å². The van der Waals surface area contributed by atoms with Gasteiger partial charge < -0.3 is 15.4 Å². The summed E-state index contributed by atoms with van der Waals surface area (Å²) in [6, 6.07) is 6.38. The molecular formula is C12H17FN2O2. The Morgan fingerprint density at radius 1 is 1.35 bits per heavy atom. The van der Waals surface area contributed by atoms with E-state index >= 15 is 0 Å². The molecule has 0 saturated carbocycles. The third kappa shape index (κ3) is 5.31. The fourth-order valence-electron chi connectivity index (χ4n) is 1.30. The summed E-state index contributed by atoms with van der Waals surface area (Å²) in [5.41, 5.74) is 0.414. The zero-order valence-electron chi connectivity index (χ0n) is 9.83. The average Bonchev–Trinajstić information content (AvgIpc) is 2.32. The first-order chi connectivity index (χ1) is 8.24. The Kier molecular flexibility index (Phi) is 6.03. The van der Waals surface area contributed by atoms with Crippen molar-refractivity contribution < 1.29 is 13.9 Å². The molecule has 0 atom stereocenters. The summed E-state index contributed by atoms with van der Waals surface area (Å²) in [6.07, 6.45) is 0.304. The summed E-state index contributed by atoms with van der Waals surface area (Å²) >= 11 is 0. The monoisotopic (exact) mass is 240 g/mol. The van der Waals surface area contributed by atoms with E-state index in [9.17, 15) is 9.18 Å². The number of ether oxygens (including phenoxy) is 1. The Balaban J connectivity index is 2.19. The van der Waals surface area contributed by atoms with Crippen LogP contribution in [0.15, 0.2) is 24.3 Å². The molecule has 5 heteroatoms. The van der Waals surface area contributed by atoms with Crippen LogP contribution in [0.2, 0.25) is 0 Å². The first kappa shape index (κ1) is 13.4. The molecule has 2 N–H and O–H groups in total.